The van der Waals surface area contributed by atoms with Crippen LogP contribution in [0.5, 0.6) is 0 Å². The van der Waals surface area contributed by atoms with E-state index in [-0.39, 0.29) is 12.5 Å². The summed E-state index contributed by atoms with van der Waals surface area (Å²) < 4.78 is 1.66. The second-order valence-electron chi connectivity index (χ2n) is 5.98. The average Bonchev–Trinajstić information content (AvgIpc) is 3.14. The molecule has 1 amide bonds. The van der Waals surface area contributed by atoms with Crippen LogP contribution in [0, 0.1) is 17.8 Å². The Morgan fingerprint density at radius 3 is 3.00 bits per heavy atom. The van der Waals surface area contributed by atoms with Crippen molar-refractivity contribution < 1.29 is 4.79 Å². The van der Waals surface area contributed by atoms with Crippen molar-refractivity contribution in [2.45, 2.75) is 32.4 Å². The summed E-state index contributed by atoms with van der Waals surface area (Å²) in [4.78, 5) is 11.3. The topological polar surface area (TPSA) is 59.0 Å². The van der Waals surface area contributed by atoms with Gasteiger partial charge in [-0.1, -0.05) is 12.2 Å². The van der Waals surface area contributed by atoms with Gasteiger partial charge < -0.3 is 10.6 Å². The van der Waals surface area contributed by atoms with Gasteiger partial charge in [-0.05, 0) is 37.5 Å². The lowest BCUT2D eigenvalue weighted by molar-refractivity contribution is -0.121. The van der Waals surface area contributed by atoms with Crippen molar-refractivity contribution in [3.63, 3.8) is 0 Å². The predicted octanol–water partition coefficient (Wildman–Crippen LogP) is 1.64. The fourth-order valence-corrected chi connectivity index (χ4v) is 3.52. The maximum absolute atomic E-state index is 11.3. The van der Waals surface area contributed by atoms with Gasteiger partial charge in [0.2, 0.25) is 5.91 Å². The molecule has 0 radical (unpaired) electrons. The number of nitrogens with zero attached hydrogens (tertiary/aromatic N) is 2. The Bertz CT molecular complexity index is 522. The number of amides is 1. The van der Waals surface area contributed by atoms with Gasteiger partial charge in [-0.2, -0.15) is 5.10 Å². The largest absolute Gasteiger partial charge is 0.380 e. The van der Waals surface area contributed by atoms with Crippen LogP contribution in [-0.4, -0.2) is 28.8 Å². The molecule has 1 fully saturated rings. The van der Waals surface area contributed by atoms with Crippen LogP contribution in [-0.2, 0) is 11.3 Å². The fraction of sp³-hybridized carbons (Fsp3) is 0.600. The van der Waals surface area contributed by atoms with E-state index in [0.29, 0.717) is 12.0 Å². The molecule has 0 aliphatic heterocycles. The fourth-order valence-electron chi connectivity index (χ4n) is 3.52. The van der Waals surface area contributed by atoms with Crippen molar-refractivity contribution in [1.29, 1.82) is 0 Å². The molecule has 0 aromatic carbocycles. The van der Waals surface area contributed by atoms with E-state index in [4.69, 9.17) is 0 Å². The van der Waals surface area contributed by atoms with Crippen molar-refractivity contribution in [1.82, 2.24) is 15.1 Å². The number of allylic oxidation sites excluding steroid dienone is 2. The van der Waals surface area contributed by atoms with Crippen molar-refractivity contribution in [3.8, 4) is 0 Å². The molecule has 4 atom stereocenters. The number of rotatable bonds is 5. The third kappa shape index (κ3) is 2.57. The highest BCUT2D eigenvalue weighted by molar-refractivity contribution is 5.75. The Morgan fingerprint density at radius 2 is 2.35 bits per heavy atom. The normalized spacial score (nSPS) is 28.6. The van der Waals surface area contributed by atoms with E-state index in [0.717, 1.165) is 17.5 Å². The maximum Gasteiger partial charge on any atom is 0.241 e. The van der Waals surface area contributed by atoms with Crippen LogP contribution >= 0.6 is 0 Å². The smallest absolute Gasteiger partial charge is 0.241 e. The molecule has 2 aliphatic rings. The van der Waals surface area contributed by atoms with Crippen molar-refractivity contribution in [2.24, 2.45) is 17.8 Å². The number of hydrogen-bond donors (Lipinski definition) is 2. The molecule has 1 aromatic heterocycles. The van der Waals surface area contributed by atoms with E-state index in [1.54, 1.807) is 17.9 Å². The number of carbonyl (C=O) groups excluding carboxylic acids is 1. The van der Waals surface area contributed by atoms with Gasteiger partial charge in [-0.25, -0.2) is 0 Å². The van der Waals surface area contributed by atoms with Crippen molar-refractivity contribution in [3.05, 3.63) is 24.5 Å². The van der Waals surface area contributed by atoms with Crippen LogP contribution in [0.3, 0.4) is 0 Å². The second kappa shape index (κ2) is 5.31. The quantitative estimate of drug-likeness (QED) is 0.803. The molecule has 0 spiro atoms. The van der Waals surface area contributed by atoms with Crippen LogP contribution in [0.1, 0.15) is 19.8 Å². The van der Waals surface area contributed by atoms with E-state index >= 15 is 0 Å². The number of nitrogens with one attached hydrogen (secondary N) is 2. The zero-order valence-corrected chi connectivity index (χ0v) is 12.0. The first kappa shape index (κ1) is 13.2. The Balaban J connectivity index is 1.58. The Morgan fingerprint density at radius 1 is 1.50 bits per heavy atom. The number of likely N-dealkylation sites (N-methyl/N-ethyl adjacent to an activating group) is 1. The summed E-state index contributed by atoms with van der Waals surface area (Å²) in [5, 5.41) is 10.3. The van der Waals surface area contributed by atoms with E-state index in [1.807, 2.05) is 6.20 Å². The lowest BCUT2D eigenvalue weighted by Crippen LogP contribution is -2.28. The summed E-state index contributed by atoms with van der Waals surface area (Å²) in [6.07, 6.45) is 11.1. The molecule has 3 rings (SSSR count). The molecule has 1 heterocycles. The first-order valence-electron chi connectivity index (χ1n) is 7.33. The Kier molecular flexibility index (Phi) is 3.51. The van der Waals surface area contributed by atoms with Gasteiger partial charge in [-0.15, -0.1) is 0 Å². The first-order valence-corrected chi connectivity index (χ1v) is 7.33. The molecule has 2 aliphatic carbocycles. The van der Waals surface area contributed by atoms with Gasteiger partial charge in [0.25, 0.3) is 0 Å². The average molecular weight is 274 g/mol. The monoisotopic (exact) mass is 274 g/mol. The minimum absolute atomic E-state index is 0.0362. The summed E-state index contributed by atoms with van der Waals surface area (Å²) in [5.74, 6) is 2.21. The Hall–Kier alpha value is -1.78. The lowest BCUT2D eigenvalue weighted by atomic mass is 9.87. The van der Waals surface area contributed by atoms with Crippen LogP contribution in [0.15, 0.2) is 24.5 Å². The number of fused-ring (bicyclic) bond motifs is 2. The van der Waals surface area contributed by atoms with Gasteiger partial charge in [0.15, 0.2) is 0 Å². The first-order chi connectivity index (χ1) is 9.65. The van der Waals surface area contributed by atoms with E-state index < -0.39 is 0 Å². The molecule has 1 saturated carbocycles. The van der Waals surface area contributed by atoms with E-state index in [2.05, 4.69) is 34.8 Å². The zero-order valence-electron chi connectivity index (χ0n) is 12.0. The summed E-state index contributed by atoms with van der Waals surface area (Å²) in [6, 6.07) is 0.438. The number of aromatic nitrogens is 2. The minimum Gasteiger partial charge on any atom is -0.380 e. The molecule has 5 heteroatoms. The van der Waals surface area contributed by atoms with Crippen LogP contribution < -0.4 is 10.6 Å². The highest BCUT2D eigenvalue weighted by Crippen LogP contribution is 2.45. The standard InChI is InChI=1S/C15H22N4O/c1-10(14-6-11-3-4-12(14)5-11)18-13-7-17-19(8-13)9-15(20)16-2/h3-4,7-8,10-12,14,18H,5-6,9H2,1-2H3,(H,16,20). The highest BCUT2D eigenvalue weighted by atomic mass is 16.1. The molecular weight excluding hydrogens is 252 g/mol. The zero-order chi connectivity index (χ0) is 14.1. The minimum atomic E-state index is -0.0362. The molecule has 20 heavy (non-hydrogen) atoms. The molecule has 2 bridgehead atoms. The number of anilines is 1. The summed E-state index contributed by atoms with van der Waals surface area (Å²) in [6.45, 7) is 2.51. The second-order valence-corrected chi connectivity index (χ2v) is 5.98. The van der Waals surface area contributed by atoms with Crippen molar-refractivity contribution >= 4 is 11.6 Å². The third-order valence-electron chi connectivity index (χ3n) is 4.58. The number of carbonyl (C=O) groups is 1. The van der Waals surface area contributed by atoms with Gasteiger partial charge in [0, 0.05) is 19.3 Å². The number of hydrogen-bond acceptors (Lipinski definition) is 3. The van der Waals surface area contributed by atoms with Crippen LogP contribution in [0.2, 0.25) is 0 Å². The molecule has 0 saturated heterocycles. The van der Waals surface area contributed by atoms with E-state index in [9.17, 15) is 4.79 Å². The van der Waals surface area contributed by atoms with Crippen LogP contribution in [0.4, 0.5) is 5.69 Å². The van der Waals surface area contributed by atoms with Gasteiger partial charge in [-0.3, -0.25) is 9.48 Å². The lowest BCUT2D eigenvalue weighted by Gasteiger charge is -2.26. The van der Waals surface area contributed by atoms with Crippen LogP contribution in [0.25, 0.3) is 0 Å². The van der Waals surface area contributed by atoms with Gasteiger partial charge in [0.1, 0.15) is 6.54 Å². The Labute approximate surface area is 119 Å². The summed E-state index contributed by atoms with van der Waals surface area (Å²) in [5.41, 5.74) is 0.994. The summed E-state index contributed by atoms with van der Waals surface area (Å²) in [7, 11) is 1.63. The highest BCUT2D eigenvalue weighted by Gasteiger charge is 2.38. The molecule has 2 N–H and O–H groups in total. The molecule has 108 valence electrons. The van der Waals surface area contributed by atoms with Crippen molar-refractivity contribution in [2.75, 3.05) is 12.4 Å². The van der Waals surface area contributed by atoms with Gasteiger partial charge in [0.05, 0.1) is 11.9 Å². The summed E-state index contributed by atoms with van der Waals surface area (Å²) >= 11 is 0. The molecule has 4 unspecified atom stereocenters. The van der Waals surface area contributed by atoms with Gasteiger partial charge >= 0.3 is 0 Å². The van der Waals surface area contributed by atoms with E-state index in [1.165, 1.54) is 12.8 Å². The predicted molar refractivity (Wildman–Crippen MR) is 78.2 cm³/mol. The molecule has 5 nitrogen and oxygen atoms in total. The third-order valence-corrected chi connectivity index (χ3v) is 4.58. The molecular formula is C15H22N4O. The maximum atomic E-state index is 11.3. The SMILES string of the molecule is CNC(=O)Cn1cc(NC(C)C2CC3C=CC2C3)cn1. The molecule has 1 aromatic rings.